The average molecular weight is 404 g/mol. The fourth-order valence-electron chi connectivity index (χ4n) is 2.61. The first-order valence-corrected chi connectivity index (χ1v) is 10.4. The Bertz CT molecular complexity index is 1080. The Kier molecular flexibility index (Phi) is 5.34. The minimum atomic E-state index is -3.43. The summed E-state index contributed by atoms with van der Waals surface area (Å²) in [6, 6.07) is 13.7. The van der Waals surface area contributed by atoms with E-state index in [0.29, 0.717) is 6.54 Å². The summed E-state index contributed by atoms with van der Waals surface area (Å²) < 4.78 is 25.2. The minimum Gasteiger partial charge on any atom is -0.337 e. The second kappa shape index (κ2) is 7.54. The Morgan fingerprint density at radius 1 is 1.19 bits per heavy atom. The average Bonchev–Trinajstić information content (AvgIpc) is 3.09. The summed E-state index contributed by atoms with van der Waals surface area (Å²) in [5.41, 5.74) is 1.91. The molecule has 0 aliphatic heterocycles. The summed E-state index contributed by atoms with van der Waals surface area (Å²) in [5.74, 6) is -0.363. The molecule has 6 nitrogen and oxygen atoms in total. The van der Waals surface area contributed by atoms with Gasteiger partial charge in [0.2, 0.25) is 0 Å². The molecule has 0 fully saturated rings. The monoisotopic (exact) mass is 403 g/mol. The summed E-state index contributed by atoms with van der Waals surface area (Å²) in [6.07, 6.45) is 4.62. The van der Waals surface area contributed by atoms with Crippen molar-refractivity contribution in [1.29, 1.82) is 0 Å². The van der Waals surface area contributed by atoms with Crippen LogP contribution in [0.2, 0.25) is 5.02 Å². The number of para-hydroxylation sites is 1. The van der Waals surface area contributed by atoms with Crippen LogP contribution in [0.25, 0.3) is 5.69 Å². The van der Waals surface area contributed by atoms with Gasteiger partial charge in [0.15, 0.2) is 9.84 Å². The molecule has 0 radical (unpaired) electrons. The molecule has 8 heteroatoms. The van der Waals surface area contributed by atoms with Crippen LogP contribution in [0.15, 0.2) is 65.8 Å². The van der Waals surface area contributed by atoms with Crippen LogP contribution in [0.1, 0.15) is 15.9 Å². The van der Waals surface area contributed by atoms with Crippen molar-refractivity contribution in [2.24, 2.45) is 0 Å². The van der Waals surface area contributed by atoms with Gasteiger partial charge in [-0.3, -0.25) is 4.79 Å². The minimum absolute atomic E-state index is 0.0561. The van der Waals surface area contributed by atoms with E-state index in [-0.39, 0.29) is 21.4 Å². The maximum atomic E-state index is 12.7. The fraction of sp³-hybridized carbons (Fsp3) is 0.158. The van der Waals surface area contributed by atoms with Crippen LogP contribution in [0, 0.1) is 0 Å². The molecule has 1 aromatic heterocycles. The first-order chi connectivity index (χ1) is 12.8. The number of carbonyl (C=O) groups excluding carboxylic acids is 1. The van der Waals surface area contributed by atoms with E-state index in [2.05, 4.69) is 5.10 Å². The zero-order chi connectivity index (χ0) is 19.6. The maximum Gasteiger partial charge on any atom is 0.255 e. The molecule has 0 aliphatic carbocycles. The van der Waals surface area contributed by atoms with E-state index in [1.165, 1.54) is 23.1 Å². The molecule has 0 unspecified atom stereocenters. The lowest BCUT2D eigenvalue weighted by Gasteiger charge is -2.17. The predicted octanol–water partition coefficient (Wildman–Crippen LogP) is 3.20. The molecule has 1 heterocycles. The molecular formula is C19H18ClN3O3S. The Labute approximate surface area is 162 Å². The Balaban J connectivity index is 1.80. The molecule has 27 heavy (non-hydrogen) atoms. The second-order valence-electron chi connectivity index (χ2n) is 6.20. The Morgan fingerprint density at radius 2 is 1.89 bits per heavy atom. The lowest BCUT2D eigenvalue weighted by Crippen LogP contribution is -2.26. The zero-order valence-corrected chi connectivity index (χ0v) is 16.4. The van der Waals surface area contributed by atoms with Crippen molar-refractivity contribution >= 4 is 27.3 Å². The van der Waals surface area contributed by atoms with Gasteiger partial charge in [0, 0.05) is 31.6 Å². The normalized spacial score (nSPS) is 11.4. The molecule has 0 N–H and O–H groups in total. The topological polar surface area (TPSA) is 72.3 Å². The predicted molar refractivity (Wildman–Crippen MR) is 104 cm³/mol. The smallest absolute Gasteiger partial charge is 0.255 e. The number of benzene rings is 2. The lowest BCUT2D eigenvalue weighted by atomic mass is 10.2. The Hall–Kier alpha value is -2.64. The number of amides is 1. The van der Waals surface area contributed by atoms with Crippen LogP contribution in [0.5, 0.6) is 0 Å². The number of aromatic nitrogens is 2. The summed E-state index contributed by atoms with van der Waals surface area (Å²) in [4.78, 5) is 14.3. The van der Waals surface area contributed by atoms with Gasteiger partial charge in [0.25, 0.3) is 5.91 Å². The van der Waals surface area contributed by atoms with E-state index in [4.69, 9.17) is 11.6 Å². The van der Waals surface area contributed by atoms with E-state index in [9.17, 15) is 13.2 Å². The first kappa shape index (κ1) is 19.1. The van der Waals surface area contributed by atoms with Gasteiger partial charge < -0.3 is 4.90 Å². The fourth-order valence-corrected chi connectivity index (χ4v) is 3.46. The molecular weight excluding hydrogens is 386 g/mol. The van der Waals surface area contributed by atoms with E-state index >= 15 is 0 Å². The third-order valence-corrected chi connectivity index (χ3v) is 5.46. The van der Waals surface area contributed by atoms with E-state index in [0.717, 1.165) is 17.5 Å². The Morgan fingerprint density at radius 3 is 2.56 bits per heavy atom. The van der Waals surface area contributed by atoms with Crippen LogP contribution in [0.4, 0.5) is 0 Å². The van der Waals surface area contributed by atoms with Crippen molar-refractivity contribution in [3.8, 4) is 5.69 Å². The number of carbonyl (C=O) groups is 1. The standard InChI is InChI=1S/C19H18ClN3O3S/c1-22(12-14-11-21-23(13-14)15-6-4-3-5-7-15)19(24)17-10-16(27(2,25)26)8-9-18(17)20/h3-11,13H,12H2,1-2H3. The molecule has 140 valence electrons. The SMILES string of the molecule is CN(Cc1cnn(-c2ccccc2)c1)C(=O)c1cc(S(C)(=O)=O)ccc1Cl. The first-order valence-electron chi connectivity index (χ1n) is 8.10. The highest BCUT2D eigenvalue weighted by Crippen LogP contribution is 2.22. The van der Waals surface area contributed by atoms with Crippen molar-refractivity contribution in [1.82, 2.24) is 14.7 Å². The van der Waals surface area contributed by atoms with Crippen LogP contribution in [0.3, 0.4) is 0 Å². The summed E-state index contributed by atoms with van der Waals surface area (Å²) in [6.45, 7) is 0.311. The molecule has 0 aliphatic rings. The van der Waals surface area contributed by atoms with Crippen molar-refractivity contribution in [3.63, 3.8) is 0 Å². The van der Waals surface area contributed by atoms with Crippen LogP contribution in [-0.4, -0.2) is 42.3 Å². The second-order valence-corrected chi connectivity index (χ2v) is 8.63. The highest BCUT2D eigenvalue weighted by atomic mass is 35.5. The van der Waals surface area contributed by atoms with Crippen molar-refractivity contribution in [2.75, 3.05) is 13.3 Å². The molecule has 0 atom stereocenters. The van der Waals surface area contributed by atoms with Gasteiger partial charge in [-0.25, -0.2) is 13.1 Å². The van der Waals surface area contributed by atoms with Gasteiger partial charge >= 0.3 is 0 Å². The lowest BCUT2D eigenvalue weighted by molar-refractivity contribution is 0.0785. The highest BCUT2D eigenvalue weighted by Gasteiger charge is 2.19. The number of nitrogens with zero attached hydrogens (tertiary/aromatic N) is 3. The third-order valence-electron chi connectivity index (χ3n) is 4.02. The summed E-state index contributed by atoms with van der Waals surface area (Å²) in [5, 5.41) is 4.52. The molecule has 0 saturated carbocycles. The zero-order valence-electron chi connectivity index (χ0n) is 14.8. The van der Waals surface area contributed by atoms with E-state index < -0.39 is 9.84 Å². The van der Waals surface area contributed by atoms with Gasteiger partial charge in [0.1, 0.15) is 0 Å². The van der Waals surface area contributed by atoms with Gasteiger partial charge in [-0.05, 0) is 30.3 Å². The van der Waals surface area contributed by atoms with Crippen molar-refractivity contribution in [3.05, 3.63) is 77.1 Å². The number of halogens is 1. The molecule has 3 aromatic rings. The number of rotatable bonds is 5. The molecule has 0 saturated heterocycles. The van der Waals surface area contributed by atoms with E-state index in [1.807, 2.05) is 36.5 Å². The van der Waals surface area contributed by atoms with E-state index in [1.54, 1.807) is 17.9 Å². The highest BCUT2D eigenvalue weighted by molar-refractivity contribution is 7.90. The quantitative estimate of drug-likeness (QED) is 0.655. The summed E-state index contributed by atoms with van der Waals surface area (Å²) >= 11 is 6.11. The largest absolute Gasteiger partial charge is 0.337 e. The number of hydrogen-bond donors (Lipinski definition) is 0. The van der Waals surface area contributed by atoms with Gasteiger partial charge in [-0.2, -0.15) is 5.10 Å². The molecule has 2 aromatic carbocycles. The summed E-state index contributed by atoms with van der Waals surface area (Å²) in [7, 11) is -1.80. The molecule has 1 amide bonds. The van der Waals surface area contributed by atoms with Crippen LogP contribution in [-0.2, 0) is 16.4 Å². The van der Waals surface area contributed by atoms with Gasteiger partial charge in [-0.15, -0.1) is 0 Å². The maximum absolute atomic E-state index is 12.7. The molecule has 3 rings (SSSR count). The number of hydrogen-bond acceptors (Lipinski definition) is 4. The van der Waals surface area contributed by atoms with Crippen molar-refractivity contribution in [2.45, 2.75) is 11.4 Å². The molecule has 0 bridgehead atoms. The third kappa shape index (κ3) is 4.37. The molecule has 0 spiro atoms. The number of sulfone groups is 1. The van der Waals surface area contributed by atoms with Gasteiger partial charge in [0.05, 0.1) is 27.4 Å². The van der Waals surface area contributed by atoms with Gasteiger partial charge in [-0.1, -0.05) is 29.8 Å². The van der Waals surface area contributed by atoms with Crippen LogP contribution >= 0.6 is 11.6 Å². The van der Waals surface area contributed by atoms with Crippen LogP contribution < -0.4 is 0 Å². The van der Waals surface area contributed by atoms with Crippen molar-refractivity contribution < 1.29 is 13.2 Å².